The highest BCUT2D eigenvalue weighted by atomic mass is 31.1. The minimum absolute atomic E-state index is 0.417. The fourth-order valence-electron chi connectivity index (χ4n) is 0.410. The summed E-state index contributed by atoms with van der Waals surface area (Å²) in [4.78, 5) is 0. The van der Waals surface area contributed by atoms with E-state index in [2.05, 4.69) is 0 Å². The quantitative estimate of drug-likeness (QED) is 0.433. The lowest BCUT2D eigenvalue weighted by atomic mass is 11.0. The predicted molar refractivity (Wildman–Crippen MR) is 34.7 cm³/mol. The van der Waals surface area contributed by atoms with E-state index in [0.29, 0.717) is 0 Å². The van der Waals surface area contributed by atoms with E-state index >= 15 is 0 Å². The molecule has 0 aliphatic heterocycles. The highest BCUT2D eigenvalue weighted by Gasteiger charge is 2.00. The summed E-state index contributed by atoms with van der Waals surface area (Å²) in [5.41, 5.74) is 0. The summed E-state index contributed by atoms with van der Waals surface area (Å²) < 4.78 is 4.71. The smallest absolute Gasteiger partial charge is 0.289 e. The Bertz CT molecular complexity index is 84.9. The molecule has 2 nitrogen and oxygen atoms in total. The first kappa shape index (κ1) is 7.72. The van der Waals surface area contributed by atoms with Gasteiger partial charge in [0.2, 0.25) is 0 Å². The molecule has 0 unspecified atom stereocenters. The van der Waals surface area contributed by atoms with E-state index in [9.17, 15) is 0 Å². The van der Waals surface area contributed by atoms with Crippen molar-refractivity contribution in [1.82, 2.24) is 0 Å². The van der Waals surface area contributed by atoms with Crippen LogP contribution in [0.1, 0.15) is 13.8 Å². The molecule has 0 heterocycles. The lowest BCUT2D eigenvalue weighted by Gasteiger charge is -2.04. The normalized spacial score (nSPS) is 8.75. The molecule has 0 amide bonds. The zero-order chi connectivity index (χ0) is 6.41. The molecule has 0 aliphatic rings. The molecular weight excluding hydrogens is 121 g/mol. The monoisotopic (exact) mass is 131 g/mol. The van der Waals surface area contributed by atoms with Gasteiger partial charge in [0.05, 0.1) is 0 Å². The maximum absolute atomic E-state index is 8.04. The molecule has 0 N–H and O–H groups in total. The van der Waals surface area contributed by atoms with Crippen LogP contribution in [-0.2, 0) is 4.52 Å². The van der Waals surface area contributed by atoms with E-state index in [1.54, 1.807) is 6.26 Å². The summed E-state index contributed by atoms with van der Waals surface area (Å²) in [5.74, 6) is 0. The van der Waals surface area contributed by atoms with Crippen LogP contribution in [0.2, 0.25) is 0 Å². The molecule has 8 heavy (non-hydrogen) atoms. The van der Waals surface area contributed by atoms with Crippen molar-refractivity contribution in [1.29, 1.82) is 5.26 Å². The third-order valence-electron chi connectivity index (χ3n) is 0.875. The van der Waals surface area contributed by atoms with Gasteiger partial charge in [0, 0.05) is 12.3 Å². The third kappa shape index (κ3) is 2.82. The van der Waals surface area contributed by atoms with E-state index in [1.807, 2.05) is 13.8 Å². The number of hydrogen-bond donors (Lipinski definition) is 0. The summed E-state index contributed by atoms with van der Waals surface area (Å²) >= 11 is 0. The fraction of sp³-hybridized carbons (Fsp3) is 0.800. The summed E-state index contributed by atoms with van der Waals surface area (Å²) in [7, 11) is -0.417. The van der Waals surface area contributed by atoms with Gasteiger partial charge in [0.15, 0.2) is 0 Å². The molecule has 0 saturated heterocycles. The van der Waals surface area contributed by atoms with Crippen LogP contribution in [0.3, 0.4) is 0 Å². The molecule has 0 saturated carbocycles. The Morgan fingerprint density at radius 1 is 1.50 bits per heavy atom. The van der Waals surface area contributed by atoms with Gasteiger partial charge in [-0.05, 0) is 0 Å². The fourth-order valence-corrected chi connectivity index (χ4v) is 1.23. The topological polar surface area (TPSA) is 33.0 Å². The van der Waals surface area contributed by atoms with E-state index in [-0.39, 0.29) is 0 Å². The van der Waals surface area contributed by atoms with Crippen molar-refractivity contribution in [3.63, 3.8) is 0 Å². The van der Waals surface area contributed by atoms with Crippen molar-refractivity contribution in [2.45, 2.75) is 13.8 Å². The lowest BCUT2D eigenvalue weighted by Crippen LogP contribution is -1.82. The average Bonchev–Trinajstić information content (AvgIpc) is 1.83. The Labute approximate surface area is 51.3 Å². The van der Waals surface area contributed by atoms with Crippen LogP contribution in [0.25, 0.3) is 0 Å². The maximum Gasteiger partial charge on any atom is 0.289 e. The molecule has 0 bridgehead atoms. The van der Waals surface area contributed by atoms with Crippen molar-refractivity contribution in [3.05, 3.63) is 0 Å². The second-order valence-corrected chi connectivity index (χ2v) is 3.71. The van der Waals surface area contributed by atoms with Crippen molar-refractivity contribution in [2.75, 3.05) is 12.3 Å². The molecule has 3 heteroatoms. The highest BCUT2D eigenvalue weighted by molar-refractivity contribution is 7.52. The zero-order valence-corrected chi connectivity index (χ0v) is 6.11. The number of nitrogens with zero attached hydrogens (tertiary/aromatic N) is 1. The molecule has 0 aromatic carbocycles. The second kappa shape index (κ2) is 4.87. The molecule has 0 rings (SSSR count). The van der Waals surface area contributed by atoms with Gasteiger partial charge in [-0.15, -0.1) is 0 Å². The van der Waals surface area contributed by atoms with E-state index in [1.165, 1.54) is 0 Å². The molecule has 0 aromatic heterocycles. The van der Waals surface area contributed by atoms with Gasteiger partial charge in [-0.2, -0.15) is 5.26 Å². The van der Waals surface area contributed by atoms with Gasteiger partial charge >= 0.3 is 0 Å². The Balaban J connectivity index is 3.25. The second-order valence-electron chi connectivity index (χ2n) is 1.30. The van der Waals surface area contributed by atoms with Gasteiger partial charge in [-0.25, -0.2) is 0 Å². The largest absolute Gasteiger partial charge is 0.407 e. The molecular formula is C5H10NOP. The van der Waals surface area contributed by atoms with E-state index in [0.717, 1.165) is 12.3 Å². The van der Waals surface area contributed by atoms with Gasteiger partial charge in [-0.1, -0.05) is 13.8 Å². The minimum Gasteiger partial charge on any atom is -0.407 e. The van der Waals surface area contributed by atoms with Crippen LogP contribution < -0.4 is 0 Å². The van der Waals surface area contributed by atoms with Crippen molar-refractivity contribution in [3.8, 4) is 6.26 Å². The first-order chi connectivity index (χ1) is 3.85. The summed E-state index contributed by atoms with van der Waals surface area (Å²) in [5, 5.41) is 8.04. The molecule has 0 atom stereocenters. The van der Waals surface area contributed by atoms with Crippen LogP contribution in [0.4, 0.5) is 0 Å². The Morgan fingerprint density at radius 2 is 2.00 bits per heavy atom. The molecule has 0 spiro atoms. The third-order valence-corrected chi connectivity index (χ3v) is 2.63. The number of nitriles is 1. The highest BCUT2D eigenvalue weighted by Crippen LogP contribution is 2.34. The van der Waals surface area contributed by atoms with Crippen LogP contribution in [0, 0.1) is 11.5 Å². The van der Waals surface area contributed by atoms with Crippen LogP contribution in [-0.4, -0.2) is 12.3 Å². The van der Waals surface area contributed by atoms with E-state index in [4.69, 9.17) is 9.79 Å². The van der Waals surface area contributed by atoms with Gasteiger partial charge in [0.25, 0.3) is 6.26 Å². The van der Waals surface area contributed by atoms with Gasteiger partial charge < -0.3 is 4.52 Å². The Kier molecular flexibility index (Phi) is 4.70. The van der Waals surface area contributed by atoms with Crippen molar-refractivity contribution in [2.24, 2.45) is 0 Å². The maximum atomic E-state index is 8.04. The molecule has 0 radical (unpaired) electrons. The summed E-state index contributed by atoms with van der Waals surface area (Å²) in [6.45, 7) is 4.07. The van der Waals surface area contributed by atoms with Gasteiger partial charge in [-0.3, -0.25) is 0 Å². The summed E-state index contributed by atoms with van der Waals surface area (Å²) in [6.07, 6.45) is 3.67. The number of hydrogen-bond acceptors (Lipinski definition) is 2. The molecule has 0 fully saturated rings. The molecule has 0 aliphatic carbocycles. The molecule has 46 valence electrons. The summed E-state index contributed by atoms with van der Waals surface area (Å²) in [6, 6.07) is 0. The van der Waals surface area contributed by atoms with Crippen molar-refractivity contribution >= 4 is 8.15 Å². The predicted octanol–water partition coefficient (Wildman–Crippen LogP) is 1.92. The van der Waals surface area contributed by atoms with E-state index < -0.39 is 8.15 Å². The Hall–Kier alpha value is -0.280. The van der Waals surface area contributed by atoms with Crippen LogP contribution in [0.5, 0.6) is 0 Å². The number of rotatable bonds is 3. The Morgan fingerprint density at radius 3 is 2.12 bits per heavy atom. The average molecular weight is 131 g/mol. The minimum atomic E-state index is -0.417. The molecule has 0 aromatic rings. The SMILES string of the molecule is CCP(CC)OC#N. The first-order valence-electron chi connectivity index (χ1n) is 2.66. The van der Waals surface area contributed by atoms with Crippen LogP contribution >= 0.6 is 8.15 Å². The first-order valence-corrected chi connectivity index (χ1v) is 4.29. The van der Waals surface area contributed by atoms with Crippen molar-refractivity contribution < 1.29 is 4.52 Å². The van der Waals surface area contributed by atoms with Crippen LogP contribution in [0.15, 0.2) is 0 Å². The standard InChI is InChI=1S/C5H10NOP/c1-3-8(4-2)7-5-6/h3-4H2,1-2H3. The lowest BCUT2D eigenvalue weighted by molar-refractivity contribution is 0.563. The van der Waals surface area contributed by atoms with Gasteiger partial charge in [0.1, 0.15) is 8.15 Å². The zero-order valence-electron chi connectivity index (χ0n) is 5.22.